The van der Waals surface area contributed by atoms with E-state index in [1.165, 1.54) is 30.1 Å². The second-order valence-corrected chi connectivity index (χ2v) is 30.2. The first-order valence-corrected chi connectivity index (χ1v) is 35.1. The fraction of sp³-hybridized carbons (Fsp3) is 0.514. The van der Waals surface area contributed by atoms with Gasteiger partial charge in [0.25, 0.3) is 5.91 Å². The summed E-state index contributed by atoms with van der Waals surface area (Å²) in [5.41, 5.74) is 5.86. The van der Waals surface area contributed by atoms with E-state index in [4.69, 9.17) is 33.5 Å². The minimum Gasteiger partial charge on any atom is -1.00 e. The topological polar surface area (TPSA) is 337 Å². The SMILES string of the molecule is C=CC1C[C@]1([NH3+])C(=O)NS(=O)(=O)C1CC1.C=CCOC(=O)N1C[C@](OC)(c2ccc(-c3ccccc3)cc2)C[C@H]1C(=O)OC.CC(C)(C)[C@H](NC(=O)OC1CCCC1)C(=O)O.CO[C@@]1(c2ccc(-c3ccccc3)cc2)C[C@@H](C(=O)O)N(C(=O)[C@@H](NC(=O)OC2CCCC2)C(C)(C)C)C1.[Cl-]. The summed E-state index contributed by atoms with van der Waals surface area (Å²) in [7, 11) is 0.987. The molecule has 0 radical (unpaired) electrons. The number of benzene rings is 4. The Hall–Kier alpha value is -8.36. The zero-order chi connectivity index (χ0) is 72.7. The molecular formula is C74H99ClN6O18S. The molecule has 5 amide bonds. The van der Waals surface area contributed by atoms with Crippen molar-refractivity contribution in [3.05, 3.63) is 146 Å². The molecule has 4 aromatic carbocycles. The fourth-order valence-electron chi connectivity index (χ4n) is 12.8. The highest BCUT2D eigenvalue weighted by Gasteiger charge is 2.61. The predicted molar refractivity (Wildman–Crippen MR) is 369 cm³/mol. The summed E-state index contributed by atoms with van der Waals surface area (Å²) >= 11 is 0. The van der Waals surface area contributed by atoms with E-state index in [0.29, 0.717) is 19.3 Å². The van der Waals surface area contributed by atoms with Gasteiger partial charge in [0, 0.05) is 39.4 Å². The summed E-state index contributed by atoms with van der Waals surface area (Å²) in [6.07, 6.45) is 10.9. The number of hydrogen-bond acceptors (Lipinski definition) is 16. The number of carbonyl (C=O) groups excluding carboxylic acids is 6. The van der Waals surface area contributed by atoms with Gasteiger partial charge in [0.2, 0.25) is 15.9 Å². The van der Waals surface area contributed by atoms with Crippen LogP contribution in [-0.4, -0.2) is 165 Å². The second kappa shape index (κ2) is 34.8. The highest BCUT2D eigenvalue weighted by molar-refractivity contribution is 7.91. The molecule has 546 valence electrons. The van der Waals surface area contributed by atoms with Crippen molar-refractivity contribution in [2.45, 2.75) is 183 Å². The lowest BCUT2D eigenvalue weighted by atomic mass is 9.85. The van der Waals surface area contributed by atoms with E-state index in [1.54, 1.807) is 34.0 Å². The summed E-state index contributed by atoms with van der Waals surface area (Å²) in [5.74, 6) is -3.60. The van der Waals surface area contributed by atoms with E-state index >= 15 is 0 Å². The molecule has 2 saturated heterocycles. The third-order valence-corrected chi connectivity index (χ3v) is 20.9. The number of rotatable bonds is 20. The van der Waals surface area contributed by atoms with Crippen LogP contribution in [0.3, 0.4) is 0 Å². The molecule has 2 aliphatic heterocycles. The number of sulfonamides is 1. The van der Waals surface area contributed by atoms with Gasteiger partial charge in [-0.25, -0.2) is 41.9 Å². The summed E-state index contributed by atoms with van der Waals surface area (Å²) in [6, 6.07) is 32.0. The number of alkyl carbamates (subject to hydrolysis) is 2. The second-order valence-electron chi connectivity index (χ2n) is 28.3. The number of methoxy groups -OCH3 is 3. The molecule has 24 nitrogen and oxygen atoms in total. The number of esters is 1. The van der Waals surface area contributed by atoms with Crippen LogP contribution < -0.4 is 33.5 Å². The molecule has 1 unspecified atom stereocenters. The van der Waals surface area contributed by atoms with Crippen molar-refractivity contribution in [2.24, 2.45) is 16.7 Å². The first-order valence-electron chi connectivity index (χ1n) is 33.6. The number of halogens is 1. The van der Waals surface area contributed by atoms with Gasteiger partial charge in [-0.15, -0.1) is 6.58 Å². The van der Waals surface area contributed by atoms with E-state index in [-0.39, 0.29) is 68.3 Å². The molecule has 6 aliphatic rings. The Morgan fingerprint density at radius 3 is 1.40 bits per heavy atom. The van der Waals surface area contributed by atoms with Gasteiger partial charge in [-0.3, -0.25) is 14.5 Å². The number of carbonyl (C=O) groups is 8. The molecule has 8 atom stereocenters. The number of amides is 5. The van der Waals surface area contributed by atoms with Gasteiger partial charge < -0.3 is 72.3 Å². The molecule has 2 heterocycles. The van der Waals surface area contributed by atoms with Crippen molar-refractivity contribution in [1.82, 2.24) is 25.2 Å². The number of ether oxygens (including phenoxy) is 6. The number of hydrogen-bond donors (Lipinski definition) is 6. The molecule has 4 aromatic rings. The van der Waals surface area contributed by atoms with Crippen molar-refractivity contribution >= 4 is 58.0 Å². The van der Waals surface area contributed by atoms with Gasteiger partial charge >= 0.3 is 36.2 Å². The summed E-state index contributed by atoms with van der Waals surface area (Å²) in [4.78, 5) is 101. The lowest BCUT2D eigenvalue weighted by molar-refractivity contribution is -0.423. The van der Waals surface area contributed by atoms with E-state index in [9.17, 15) is 51.9 Å². The van der Waals surface area contributed by atoms with Crippen LogP contribution in [0.1, 0.15) is 136 Å². The summed E-state index contributed by atoms with van der Waals surface area (Å²) in [5, 5.41) is 23.9. The largest absolute Gasteiger partial charge is 1.00 e. The third-order valence-electron chi connectivity index (χ3n) is 19.0. The first kappa shape index (κ1) is 80.6. The summed E-state index contributed by atoms with van der Waals surface area (Å²) in [6.45, 7) is 18.2. The van der Waals surface area contributed by atoms with E-state index in [0.717, 1.165) is 84.7 Å². The molecule has 10 rings (SSSR count). The number of carboxylic acid groups (broad SMARTS) is 2. The average molecular weight is 1430 g/mol. The third kappa shape index (κ3) is 20.7. The number of quaternary nitrogens is 1. The lowest BCUT2D eigenvalue weighted by Crippen LogP contribution is -3.00. The minimum absolute atomic E-state index is 0. The summed E-state index contributed by atoms with van der Waals surface area (Å²) < 4.78 is 57.7. The van der Waals surface area contributed by atoms with Gasteiger partial charge in [0.05, 0.1) is 25.4 Å². The zero-order valence-electron chi connectivity index (χ0n) is 58.7. The smallest absolute Gasteiger partial charge is 0.410 e. The van der Waals surface area contributed by atoms with Gasteiger partial charge in [-0.1, -0.05) is 169 Å². The number of aliphatic carboxylic acids is 2. The minimum atomic E-state index is -3.43. The molecule has 0 spiro atoms. The van der Waals surface area contributed by atoms with Crippen molar-refractivity contribution in [3.63, 3.8) is 0 Å². The van der Waals surface area contributed by atoms with Crippen LogP contribution in [0.25, 0.3) is 22.3 Å². The fourth-order valence-corrected chi connectivity index (χ4v) is 14.2. The quantitative estimate of drug-likeness (QED) is 0.0306. The number of nitrogens with zero attached hydrogens (tertiary/aromatic N) is 2. The number of nitrogens with one attached hydrogen (secondary N) is 3. The van der Waals surface area contributed by atoms with Gasteiger partial charge in [0.15, 0.2) is 5.54 Å². The molecule has 6 fully saturated rings. The molecule has 0 aromatic heterocycles. The monoisotopic (exact) mass is 1430 g/mol. The van der Waals surface area contributed by atoms with Gasteiger partial charge in [-0.05, 0) is 108 Å². The maximum Gasteiger partial charge on any atom is 0.410 e. The van der Waals surface area contributed by atoms with Crippen molar-refractivity contribution in [1.29, 1.82) is 0 Å². The Kier molecular flexibility index (Phi) is 28.1. The van der Waals surface area contributed by atoms with Crippen molar-refractivity contribution < 1.29 is 104 Å². The van der Waals surface area contributed by atoms with E-state index < -0.39 is 110 Å². The average Bonchev–Trinajstić information content (AvgIpc) is 1.61. The maximum atomic E-state index is 13.9. The Balaban J connectivity index is 0.000000224. The molecule has 100 heavy (non-hydrogen) atoms. The number of likely N-dealkylation sites (tertiary alicyclic amines) is 2. The highest BCUT2D eigenvalue weighted by Crippen LogP contribution is 2.44. The maximum absolute atomic E-state index is 13.9. The predicted octanol–water partition coefficient (Wildman–Crippen LogP) is 6.67. The van der Waals surface area contributed by atoms with Gasteiger partial charge in [-0.2, -0.15) is 0 Å². The van der Waals surface area contributed by atoms with Gasteiger partial charge in [0.1, 0.15) is 54.2 Å². The lowest BCUT2D eigenvalue weighted by Gasteiger charge is -2.35. The van der Waals surface area contributed by atoms with Crippen LogP contribution in [0.15, 0.2) is 135 Å². The Bertz CT molecular complexity index is 3600. The van der Waals surface area contributed by atoms with Crippen LogP contribution in [-0.2, 0) is 73.6 Å². The number of carboxylic acids is 2. The molecule has 4 saturated carbocycles. The highest BCUT2D eigenvalue weighted by atomic mass is 35.5. The van der Waals surface area contributed by atoms with Crippen molar-refractivity contribution in [2.75, 3.05) is 41.0 Å². The Morgan fingerprint density at radius 2 is 1.03 bits per heavy atom. The molecule has 0 bridgehead atoms. The van der Waals surface area contributed by atoms with Crippen molar-refractivity contribution in [3.8, 4) is 22.3 Å². The Labute approximate surface area is 592 Å². The normalized spacial score (nSPS) is 23.1. The first-order chi connectivity index (χ1) is 46.8. The molecule has 26 heteroatoms. The molecule has 8 N–H and O–H groups in total. The van der Waals surface area contributed by atoms with E-state index in [1.807, 2.05) is 130 Å². The van der Waals surface area contributed by atoms with E-state index in [2.05, 4.69) is 34.2 Å². The standard InChI is InChI=1S/C30H38N2O6.C23H25NO5.C12H21NO4.C9H14N2O3S.ClH/c1-29(2,3)25(31-28(36)38-23-12-8-9-13-23)26(33)32-19-30(37-4,18-24(32)27(34)35)22-16-14-21(15-17-22)20-10-6-5-7-11-20;1-4-14-29-22(26)24-16-23(28-3,15-20(24)21(25)27-2)19-12-10-18(11-13-19)17-8-6-5-7-9-17;1-12(2,3)9(10(14)15)13-11(16)17-8-6-4-5-7-8;1-2-6-5-9(6,10)8(12)11-15(13,14)7-3-4-7;/h5-7,10-11,14-17,23-25H,8-9,12-13,18-19H2,1-4H3,(H,31,36)(H,34,35);4-13,20H,1,14-16H2,2-3H3;8-9H,4-7H2,1-3H3,(H,13,16)(H,14,15);2,6-7H,1,3-5,10H2,(H,11,12);1H/t24-,25+,30-;20-,23-;9-;6?,9-;/m0011./s1. The van der Waals surface area contributed by atoms with Crippen LogP contribution in [0.4, 0.5) is 14.4 Å². The zero-order valence-corrected chi connectivity index (χ0v) is 60.3. The van der Waals surface area contributed by atoms with Crippen LogP contribution in [0.2, 0.25) is 0 Å². The van der Waals surface area contributed by atoms with Crippen LogP contribution in [0, 0.1) is 16.7 Å². The molecule has 4 aliphatic carbocycles. The Morgan fingerprint density at radius 1 is 0.610 bits per heavy atom. The van der Waals surface area contributed by atoms with Crippen LogP contribution in [0.5, 0.6) is 0 Å². The molecular weight excluding hydrogens is 1330 g/mol. The van der Waals surface area contributed by atoms with Crippen LogP contribution >= 0.6 is 0 Å².